The molecule has 3 aromatic rings. The molecule has 0 aliphatic heterocycles. The number of carbonyl (C=O) groups is 1. The van der Waals surface area contributed by atoms with Crippen LogP contribution in [0.2, 0.25) is 0 Å². The van der Waals surface area contributed by atoms with Gasteiger partial charge >= 0.3 is 0 Å². The lowest BCUT2D eigenvalue weighted by Crippen LogP contribution is -2.18. The first kappa shape index (κ1) is 14.7. The first-order chi connectivity index (χ1) is 10.6. The van der Waals surface area contributed by atoms with Crippen molar-refractivity contribution in [1.29, 1.82) is 0 Å². The lowest BCUT2D eigenvalue weighted by Gasteiger charge is -2.10. The number of nitrogens with zero attached hydrogens (tertiary/aromatic N) is 2. The van der Waals surface area contributed by atoms with Crippen molar-refractivity contribution in [3.05, 3.63) is 76.9 Å². The van der Waals surface area contributed by atoms with Gasteiger partial charge in [0.25, 0.3) is 5.91 Å². The van der Waals surface area contributed by atoms with Gasteiger partial charge in [-0.1, -0.05) is 58.4 Å². The molecule has 3 rings (SSSR count). The molecule has 1 unspecified atom stereocenters. The van der Waals surface area contributed by atoms with Gasteiger partial charge in [0.2, 0.25) is 0 Å². The molecule has 0 fully saturated rings. The summed E-state index contributed by atoms with van der Waals surface area (Å²) in [5, 5.41) is 4.41. The molecule has 0 radical (unpaired) electrons. The molecule has 2 aromatic carbocycles. The minimum Gasteiger partial charge on any atom is -0.272 e. The van der Waals surface area contributed by atoms with Crippen molar-refractivity contribution >= 4 is 21.8 Å². The van der Waals surface area contributed by atoms with Crippen molar-refractivity contribution in [2.45, 2.75) is 12.8 Å². The molecule has 0 amide bonds. The van der Waals surface area contributed by atoms with Gasteiger partial charge in [-0.2, -0.15) is 5.10 Å². The van der Waals surface area contributed by atoms with Gasteiger partial charge in [-0.15, -0.1) is 0 Å². The fourth-order valence-corrected chi connectivity index (χ4v) is 2.73. The number of hydrogen-bond donors (Lipinski definition) is 0. The average molecular weight is 355 g/mol. The molecule has 0 aliphatic carbocycles. The molecule has 1 heterocycles. The molecule has 22 heavy (non-hydrogen) atoms. The van der Waals surface area contributed by atoms with E-state index in [-0.39, 0.29) is 11.8 Å². The quantitative estimate of drug-likeness (QED) is 0.679. The van der Waals surface area contributed by atoms with Crippen LogP contribution in [0.25, 0.3) is 11.3 Å². The van der Waals surface area contributed by atoms with E-state index in [9.17, 15) is 4.79 Å². The van der Waals surface area contributed by atoms with E-state index in [4.69, 9.17) is 0 Å². The Hall–Kier alpha value is -2.20. The molecular weight excluding hydrogens is 340 g/mol. The Morgan fingerprint density at radius 2 is 1.86 bits per heavy atom. The van der Waals surface area contributed by atoms with Crippen LogP contribution < -0.4 is 0 Å². The summed E-state index contributed by atoms with van der Waals surface area (Å²) in [5.74, 6) is -0.260. The SMILES string of the molecule is CC(C(=O)n1ccc(-c2cccc(Br)c2)n1)c1ccccc1. The van der Waals surface area contributed by atoms with Gasteiger partial charge in [-0.05, 0) is 30.7 Å². The lowest BCUT2D eigenvalue weighted by molar-refractivity contribution is 0.0868. The molecule has 1 atom stereocenters. The summed E-state index contributed by atoms with van der Waals surface area (Å²) in [4.78, 5) is 12.5. The zero-order chi connectivity index (χ0) is 15.5. The second kappa shape index (κ2) is 6.28. The van der Waals surface area contributed by atoms with Crippen molar-refractivity contribution in [2.75, 3.05) is 0 Å². The van der Waals surface area contributed by atoms with Crippen LogP contribution in [0.4, 0.5) is 0 Å². The highest BCUT2D eigenvalue weighted by Crippen LogP contribution is 2.22. The maximum Gasteiger partial charge on any atom is 0.254 e. The Kier molecular flexibility index (Phi) is 4.20. The molecule has 3 nitrogen and oxygen atoms in total. The van der Waals surface area contributed by atoms with Crippen LogP contribution >= 0.6 is 15.9 Å². The zero-order valence-corrected chi connectivity index (χ0v) is 13.7. The molecule has 0 aliphatic rings. The summed E-state index contributed by atoms with van der Waals surface area (Å²) in [6.45, 7) is 1.90. The minimum absolute atomic E-state index is 0.0348. The third-order valence-electron chi connectivity index (χ3n) is 3.61. The van der Waals surface area contributed by atoms with Crippen molar-refractivity contribution < 1.29 is 4.79 Å². The Morgan fingerprint density at radius 1 is 1.09 bits per heavy atom. The predicted octanol–water partition coefficient (Wildman–Crippen LogP) is 4.76. The van der Waals surface area contributed by atoms with E-state index in [2.05, 4.69) is 21.0 Å². The molecule has 0 bridgehead atoms. The van der Waals surface area contributed by atoms with E-state index in [1.165, 1.54) is 4.68 Å². The highest BCUT2D eigenvalue weighted by molar-refractivity contribution is 9.10. The Balaban J connectivity index is 1.86. The molecule has 1 aromatic heterocycles. The normalized spacial score (nSPS) is 12.1. The maximum absolute atomic E-state index is 12.5. The zero-order valence-electron chi connectivity index (χ0n) is 12.1. The second-order valence-corrected chi connectivity index (χ2v) is 6.04. The van der Waals surface area contributed by atoms with Gasteiger partial charge in [0.1, 0.15) is 0 Å². The smallest absolute Gasteiger partial charge is 0.254 e. The van der Waals surface area contributed by atoms with Gasteiger partial charge in [0.05, 0.1) is 11.6 Å². The Bertz CT molecular complexity index is 796. The van der Waals surface area contributed by atoms with Crippen LogP contribution in [0, 0.1) is 0 Å². The second-order valence-electron chi connectivity index (χ2n) is 5.13. The topological polar surface area (TPSA) is 34.9 Å². The van der Waals surface area contributed by atoms with Crippen LogP contribution in [0.5, 0.6) is 0 Å². The number of carbonyl (C=O) groups excluding carboxylic acids is 1. The third-order valence-corrected chi connectivity index (χ3v) is 4.10. The van der Waals surface area contributed by atoms with E-state index in [1.807, 2.05) is 67.6 Å². The number of aromatic nitrogens is 2. The summed E-state index contributed by atoms with van der Waals surface area (Å²) in [5.41, 5.74) is 2.76. The highest BCUT2D eigenvalue weighted by atomic mass is 79.9. The van der Waals surface area contributed by atoms with E-state index < -0.39 is 0 Å². The van der Waals surface area contributed by atoms with Crippen molar-refractivity contribution in [3.63, 3.8) is 0 Å². The van der Waals surface area contributed by atoms with Gasteiger partial charge < -0.3 is 0 Å². The Labute approximate surface area is 137 Å². The fourth-order valence-electron chi connectivity index (χ4n) is 2.33. The minimum atomic E-state index is -0.226. The molecule has 110 valence electrons. The van der Waals surface area contributed by atoms with E-state index in [1.54, 1.807) is 6.20 Å². The Morgan fingerprint density at radius 3 is 2.59 bits per heavy atom. The van der Waals surface area contributed by atoms with Crippen molar-refractivity contribution in [3.8, 4) is 11.3 Å². The summed E-state index contributed by atoms with van der Waals surface area (Å²) < 4.78 is 2.41. The number of hydrogen-bond acceptors (Lipinski definition) is 2. The molecule has 0 spiro atoms. The summed E-state index contributed by atoms with van der Waals surface area (Å²) >= 11 is 3.45. The van der Waals surface area contributed by atoms with Gasteiger partial charge in [0.15, 0.2) is 0 Å². The van der Waals surface area contributed by atoms with Crippen molar-refractivity contribution in [1.82, 2.24) is 9.78 Å². The molecule has 0 N–H and O–H groups in total. The van der Waals surface area contributed by atoms with Crippen molar-refractivity contribution in [2.24, 2.45) is 0 Å². The van der Waals surface area contributed by atoms with Crippen LogP contribution in [0.1, 0.15) is 23.2 Å². The predicted molar refractivity (Wildman–Crippen MR) is 90.8 cm³/mol. The largest absolute Gasteiger partial charge is 0.272 e. The lowest BCUT2D eigenvalue weighted by atomic mass is 10.0. The van der Waals surface area contributed by atoms with E-state index in [0.29, 0.717) is 0 Å². The molecule has 4 heteroatoms. The fraction of sp³-hybridized carbons (Fsp3) is 0.111. The average Bonchev–Trinajstić information content (AvgIpc) is 3.04. The first-order valence-electron chi connectivity index (χ1n) is 7.06. The van der Waals surface area contributed by atoms with Crippen LogP contribution in [-0.4, -0.2) is 15.7 Å². The summed E-state index contributed by atoms with van der Waals surface area (Å²) in [6, 6.07) is 19.5. The van der Waals surface area contributed by atoms with Gasteiger partial charge in [0, 0.05) is 16.2 Å². The first-order valence-corrected chi connectivity index (χ1v) is 7.85. The molecule has 0 saturated carbocycles. The number of benzene rings is 2. The standard InChI is InChI=1S/C18H15BrN2O/c1-13(14-6-3-2-4-7-14)18(22)21-11-10-17(20-21)15-8-5-9-16(19)12-15/h2-13H,1H3. The monoisotopic (exact) mass is 354 g/mol. The van der Waals surface area contributed by atoms with E-state index in [0.717, 1.165) is 21.3 Å². The van der Waals surface area contributed by atoms with Crippen LogP contribution in [0.3, 0.4) is 0 Å². The highest BCUT2D eigenvalue weighted by Gasteiger charge is 2.18. The summed E-state index contributed by atoms with van der Waals surface area (Å²) in [7, 11) is 0. The summed E-state index contributed by atoms with van der Waals surface area (Å²) in [6.07, 6.45) is 1.72. The van der Waals surface area contributed by atoms with Crippen LogP contribution in [0.15, 0.2) is 71.3 Å². The van der Waals surface area contributed by atoms with E-state index >= 15 is 0 Å². The van der Waals surface area contributed by atoms with Gasteiger partial charge in [-0.25, -0.2) is 4.68 Å². The molecular formula is C18H15BrN2O. The van der Waals surface area contributed by atoms with Gasteiger partial charge in [-0.3, -0.25) is 4.79 Å². The molecule has 0 saturated heterocycles. The number of halogens is 1. The third kappa shape index (κ3) is 3.02. The van der Waals surface area contributed by atoms with Crippen LogP contribution in [-0.2, 0) is 0 Å². The maximum atomic E-state index is 12.5. The number of rotatable bonds is 3.